The molecule has 0 aliphatic carbocycles. The summed E-state index contributed by atoms with van der Waals surface area (Å²) in [6.45, 7) is 11.1. The molecular weight excluding hydrogens is 285 g/mol. The minimum Gasteiger partial charge on any atom is -0.301 e. The quantitative estimate of drug-likeness (QED) is 0.619. The number of nitro groups is 1. The summed E-state index contributed by atoms with van der Waals surface area (Å²) in [5.74, 6) is -0.241. The molecule has 5 nitrogen and oxygen atoms in total. The molecular formula is C16H24FN3O2. The van der Waals surface area contributed by atoms with E-state index in [0.29, 0.717) is 5.56 Å². The summed E-state index contributed by atoms with van der Waals surface area (Å²) >= 11 is 0. The lowest BCUT2D eigenvalue weighted by molar-refractivity contribution is -0.385. The van der Waals surface area contributed by atoms with E-state index in [2.05, 4.69) is 30.6 Å². The van der Waals surface area contributed by atoms with Gasteiger partial charge in [-0.05, 0) is 18.5 Å². The highest BCUT2D eigenvalue weighted by atomic mass is 19.1. The molecule has 1 aliphatic rings. The van der Waals surface area contributed by atoms with Gasteiger partial charge in [0, 0.05) is 43.9 Å². The third-order valence-corrected chi connectivity index (χ3v) is 4.39. The predicted octanol–water partition coefficient (Wildman–Crippen LogP) is 3.07. The Kier molecular flexibility index (Phi) is 5.47. The molecule has 0 aromatic heterocycles. The predicted molar refractivity (Wildman–Crippen MR) is 84.3 cm³/mol. The number of nitrogens with zero attached hydrogens (tertiary/aromatic N) is 3. The van der Waals surface area contributed by atoms with Gasteiger partial charge in [-0.15, -0.1) is 0 Å². The number of rotatable bonds is 5. The van der Waals surface area contributed by atoms with Gasteiger partial charge in [-0.3, -0.25) is 15.0 Å². The molecule has 0 spiro atoms. The van der Waals surface area contributed by atoms with Gasteiger partial charge in [-0.25, -0.2) is 4.39 Å². The number of non-ortho nitro benzene ring substituents is 1. The molecule has 0 bridgehead atoms. The van der Waals surface area contributed by atoms with Crippen molar-refractivity contribution in [3.63, 3.8) is 0 Å². The van der Waals surface area contributed by atoms with Crippen LogP contribution in [-0.2, 0) is 0 Å². The van der Waals surface area contributed by atoms with Crippen molar-refractivity contribution in [2.45, 2.75) is 26.8 Å². The van der Waals surface area contributed by atoms with E-state index in [1.54, 1.807) is 6.07 Å². The summed E-state index contributed by atoms with van der Waals surface area (Å²) in [4.78, 5) is 14.9. The maximum Gasteiger partial charge on any atom is 0.272 e. The monoisotopic (exact) mass is 309 g/mol. The van der Waals surface area contributed by atoms with Crippen molar-refractivity contribution >= 4 is 5.69 Å². The summed E-state index contributed by atoms with van der Waals surface area (Å²) in [5.41, 5.74) is 0.366. The Morgan fingerprint density at radius 2 is 1.91 bits per heavy atom. The number of benzene rings is 1. The average molecular weight is 309 g/mol. The lowest BCUT2D eigenvalue weighted by Gasteiger charge is -2.41. The summed E-state index contributed by atoms with van der Waals surface area (Å²) in [6, 6.07) is 3.97. The second kappa shape index (κ2) is 7.15. The maximum absolute atomic E-state index is 14.4. The Hall–Kier alpha value is -1.53. The Balaban J connectivity index is 2.23. The van der Waals surface area contributed by atoms with Crippen molar-refractivity contribution in [3.05, 3.63) is 39.7 Å². The van der Waals surface area contributed by atoms with Crippen LogP contribution >= 0.6 is 0 Å². The Bertz CT molecular complexity index is 528. The molecule has 1 fully saturated rings. The highest BCUT2D eigenvalue weighted by Crippen LogP contribution is 2.32. The topological polar surface area (TPSA) is 49.6 Å². The van der Waals surface area contributed by atoms with Crippen molar-refractivity contribution < 1.29 is 9.31 Å². The van der Waals surface area contributed by atoms with Gasteiger partial charge in [-0.1, -0.05) is 20.8 Å². The summed E-state index contributed by atoms with van der Waals surface area (Å²) in [7, 11) is 0. The Morgan fingerprint density at radius 3 is 2.36 bits per heavy atom. The molecule has 122 valence electrons. The van der Waals surface area contributed by atoms with Crippen LogP contribution in [0.5, 0.6) is 0 Å². The number of nitro benzene ring substituents is 1. The standard InChI is InChI=1S/C16H24FN3O2/c1-4-18-7-9-19(10-8-18)16(12(2)3)14-6-5-13(20(21)22)11-15(14)17/h5-6,11-12,16H,4,7-10H2,1-3H3. The number of piperazine rings is 1. The second-order valence-electron chi connectivity index (χ2n) is 6.12. The molecule has 1 unspecified atom stereocenters. The first-order valence-corrected chi connectivity index (χ1v) is 7.84. The molecule has 1 atom stereocenters. The molecule has 1 aliphatic heterocycles. The van der Waals surface area contributed by atoms with Crippen molar-refractivity contribution in [1.82, 2.24) is 9.80 Å². The SMILES string of the molecule is CCN1CCN(C(c2ccc([N+](=O)[O-])cc2F)C(C)C)CC1. The summed E-state index contributed by atoms with van der Waals surface area (Å²) < 4.78 is 14.4. The molecule has 0 saturated carbocycles. The normalized spacial score (nSPS) is 18.6. The third-order valence-electron chi connectivity index (χ3n) is 4.39. The van der Waals surface area contributed by atoms with E-state index in [4.69, 9.17) is 0 Å². The van der Waals surface area contributed by atoms with Crippen LogP contribution in [0, 0.1) is 21.8 Å². The summed E-state index contributed by atoms with van der Waals surface area (Å²) in [6.07, 6.45) is 0. The highest BCUT2D eigenvalue weighted by Gasteiger charge is 2.29. The molecule has 1 aromatic carbocycles. The maximum atomic E-state index is 14.4. The van der Waals surface area contributed by atoms with Crippen LogP contribution in [0.25, 0.3) is 0 Å². The molecule has 0 amide bonds. The van der Waals surface area contributed by atoms with Crippen LogP contribution in [0.1, 0.15) is 32.4 Å². The lowest BCUT2D eigenvalue weighted by atomic mass is 9.93. The van der Waals surface area contributed by atoms with Gasteiger partial charge in [0.2, 0.25) is 0 Å². The highest BCUT2D eigenvalue weighted by molar-refractivity contribution is 5.36. The minimum atomic E-state index is -0.558. The first kappa shape index (κ1) is 16.8. The van der Waals surface area contributed by atoms with Crippen LogP contribution in [0.4, 0.5) is 10.1 Å². The molecule has 6 heteroatoms. The number of likely N-dealkylation sites (N-methyl/N-ethyl adjacent to an activating group) is 1. The van der Waals surface area contributed by atoms with Crippen LogP contribution < -0.4 is 0 Å². The van der Waals surface area contributed by atoms with E-state index in [0.717, 1.165) is 38.8 Å². The van der Waals surface area contributed by atoms with Crippen LogP contribution in [0.2, 0.25) is 0 Å². The second-order valence-corrected chi connectivity index (χ2v) is 6.12. The third kappa shape index (κ3) is 3.62. The smallest absolute Gasteiger partial charge is 0.272 e. The van der Waals surface area contributed by atoms with Gasteiger partial charge in [0.25, 0.3) is 5.69 Å². The zero-order valence-corrected chi connectivity index (χ0v) is 13.5. The first-order valence-electron chi connectivity index (χ1n) is 7.84. The lowest BCUT2D eigenvalue weighted by Crippen LogP contribution is -2.48. The molecule has 2 rings (SSSR count). The molecule has 0 N–H and O–H groups in total. The fraction of sp³-hybridized carbons (Fsp3) is 0.625. The van der Waals surface area contributed by atoms with Gasteiger partial charge in [-0.2, -0.15) is 0 Å². The van der Waals surface area contributed by atoms with E-state index < -0.39 is 10.7 Å². The summed E-state index contributed by atoms with van der Waals surface area (Å²) in [5, 5.41) is 10.8. The largest absolute Gasteiger partial charge is 0.301 e. The van der Waals surface area contributed by atoms with Crippen LogP contribution in [0.3, 0.4) is 0 Å². The van der Waals surface area contributed by atoms with Crippen LogP contribution in [-0.4, -0.2) is 47.4 Å². The zero-order valence-electron chi connectivity index (χ0n) is 13.5. The fourth-order valence-electron chi connectivity index (χ4n) is 3.20. The van der Waals surface area contributed by atoms with Gasteiger partial charge in [0.15, 0.2) is 0 Å². The number of hydrogen-bond acceptors (Lipinski definition) is 4. The minimum absolute atomic E-state index is 0.0418. The van der Waals surface area contributed by atoms with E-state index in [-0.39, 0.29) is 17.6 Å². The molecule has 0 radical (unpaired) electrons. The van der Waals surface area contributed by atoms with Crippen LogP contribution in [0.15, 0.2) is 18.2 Å². The Labute approximate surface area is 130 Å². The van der Waals surface area contributed by atoms with E-state index in [9.17, 15) is 14.5 Å². The van der Waals surface area contributed by atoms with E-state index in [1.165, 1.54) is 6.07 Å². The average Bonchev–Trinajstić information content (AvgIpc) is 2.49. The van der Waals surface area contributed by atoms with Gasteiger partial charge in [0.1, 0.15) is 5.82 Å². The molecule has 22 heavy (non-hydrogen) atoms. The number of hydrogen-bond donors (Lipinski definition) is 0. The Morgan fingerprint density at radius 1 is 1.27 bits per heavy atom. The van der Waals surface area contributed by atoms with Crippen molar-refractivity contribution in [1.29, 1.82) is 0 Å². The van der Waals surface area contributed by atoms with Crippen molar-refractivity contribution in [3.8, 4) is 0 Å². The fourth-order valence-corrected chi connectivity index (χ4v) is 3.20. The molecule has 1 saturated heterocycles. The van der Waals surface area contributed by atoms with E-state index >= 15 is 0 Å². The van der Waals surface area contributed by atoms with Crippen molar-refractivity contribution in [2.24, 2.45) is 5.92 Å². The number of halogens is 1. The first-order chi connectivity index (χ1) is 10.4. The molecule has 1 heterocycles. The van der Waals surface area contributed by atoms with Gasteiger partial charge >= 0.3 is 0 Å². The zero-order chi connectivity index (χ0) is 16.3. The van der Waals surface area contributed by atoms with Crippen molar-refractivity contribution in [2.75, 3.05) is 32.7 Å². The van der Waals surface area contributed by atoms with Gasteiger partial charge < -0.3 is 4.90 Å². The van der Waals surface area contributed by atoms with E-state index in [1.807, 2.05) is 0 Å². The molecule has 1 aromatic rings. The van der Waals surface area contributed by atoms with Gasteiger partial charge in [0.05, 0.1) is 11.0 Å².